The van der Waals surface area contributed by atoms with Gasteiger partial charge in [0, 0.05) is 11.3 Å². The highest BCUT2D eigenvalue weighted by Crippen LogP contribution is 2.54. The first kappa shape index (κ1) is 11.9. The minimum absolute atomic E-state index is 0.00180. The average molecular weight is 232 g/mol. The van der Waals surface area contributed by atoms with E-state index in [2.05, 4.69) is 69.4 Å². The second-order valence-corrected chi connectivity index (χ2v) is 8.29. The highest BCUT2D eigenvalue weighted by atomic mass is 31.1. The summed E-state index contributed by atoms with van der Waals surface area (Å²) in [6.07, 6.45) is 19.6. The molecule has 0 N–H and O–H groups in total. The van der Waals surface area contributed by atoms with Crippen LogP contribution in [-0.2, 0) is 0 Å². The monoisotopic (exact) mass is 232 g/mol. The van der Waals surface area contributed by atoms with Gasteiger partial charge in [-0.2, -0.15) is 0 Å². The Hall–Kier alpha value is -0.610. The normalized spacial score (nSPS) is 20.8. The van der Waals surface area contributed by atoms with Crippen LogP contribution in [0.4, 0.5) is 0 Å². The van der Waals surface area contributed by atoms with Crippen LogP contribution in [0.5, 0.6) is 0 Å². The molecule has 0 unspecified atom stereocenters. The highest BCUT2D eigenvalue weighted by Gasteiger charge is 2.28. The quantitative estimate of drug-likeness (QED) is 0.628. The minimum Gasteiger partial charge on any atom is -0.0841 e. The fraction of sp³-hybridized carbons (Fsp3) is 0.467. The average Bonchev–Trinajstić information content (AvgIpc) is 2.86. The Bertz CT molecular complexity index is 300. The molecule has 0 saturated heterocycles. The van der Waals surface area contributed by atoms with Crippen molar-refractivity contribution in [3.8, 4) is 0 Å². The predicted molar refractivity (Wildman–Crippen MR) is 75.4 cm³/mol. The van der Waals surface area contributed by atoms with Crippen molar-refractivity contribution in [3.05, 3.63) is 48.6 Å². The van der Waals surface area contributed by atoms with Crippen LogP contribution in [0, 0.1) is 5.41 Å². The summed E-state index contributed by atoms with van der Waals surface area (Å²) in [4.78, 5) is 0. The van der Waals surface area contributed by atoms with E-state index in [0.29, 0.717) is 16.7 Å². The van der Waals surface area contributed by atoms with Crippen LogP contribution in [-0.4, -0.2) is 17.5 Å². The molecule has 2 aliphatic rings. The van der Waals surface area contributed by atoms with Crippen LogP contribution in [0.1, 0.15) is 20.8 Å². The Morgan fingerprint density at radius 3 is 1.50 bits per heavy atom. The first-order valence-electron chi connectivity index (χ1n) is 6.02. The molecule has 0 radical (unpaired) electrons. The van der Waals surface area contributed by atoms with Gasteiger partial charge in [0.25, 0.3) is 0 Å². The summed E-state index contributed by atoms with van der Waals surface area (Å²) in [6.45, 7) is 7.06. The minimum atomic E-state index is 0.00180. The standard InChI is InChI=1S/C15H21P/c1-15(2,3)12-16(13-8-4-5-9-13)14-10-6-7-11-14/h4-11,13-14H,12H2,1-3H3. The lowest BCUT2D eigenvalue weighted by molar-refractivity contribution is 0.476. The molecule has 16 heavy (non-hydrogen) atoms. The zero-order valence-electron chi connectivity index (χ0n) is 10.4. The second kappa shape index (κ2) is 4.72. The van der Waals surface area contributed by atoms with Gasteiger partial charge in [-0.25, -0.2) is 0 Å². The summed E-state index contributed by atoms with van der Waals surface area (Å²) in [5.41, 5.74) is 1.80. The van der Waals surface area contributed by atoms with E-state index in [4.69, 9.17) is 0 Å². The molecule has 2 aliphatic carbocycles. The van der Waals surface area contributed by atoms with Crippen molar-refractivity contribution in [3.63, 3.8) is 0 Å². The van der Waals surface area contributed by atoms with Gasteiger partial charge < -0.3 is 0 Å². The molecule has 2 rings (SSSR count). The van der Waals surface area contributed by atoms with Gasteiger partial charge in [-0.3, -0.25) is 0 Å². The molecule has 0 nitrogen and oxygen atoms in total. The fourth-order valence-electron chi connectivity index (χ4n) is 2.24. The van der Waals surface area contributed by atoms with Gasteiger partial charge in [0.15, 0.2) is 0 Å². The van der Waals surface area contributed by atoms with Crippen LogP contribution >= 0.6 is 7.92 Å². The number of rotatable bonds is 3. The molecule has 86 valence electrons. The summed E-state index contributed by atoms with van der Waals surface area (Å²) in [7, 11) is 0.00180. The molecule has 0 fully saturated rings. The van der Waals surface area contributed by atoms with Gasteiger partial charge in [0.05, 0.1) is 0 Å². The van der Waals surface area contributed by atoms with Gasteiger partial charge in [-0.1, -0.05) is 77.3 Å². The fourth-order valence-corrected chi connectivity index (χ4v) is 5.44. The van der Waals surface area contributed by atoms with E-state index in [9.17, 15) is 0 Å². The molecule has 0 bridgehead atoms. The van der Waals surface area contributed by atoms with E-state index in [0.717, 1.165) is 0 Å². The van der Waals surface area contributed by atoms with E-state index in [1.54, 1.807) is 0 Å². The predicted octanol–water partition coefficient (Wildman–Crippen LogP) is 4.50. The van der Waals surface area contributed by atoms with Gasteiger partial charge in [0.1, 0.15) is 0 Å². The zero-order chi connectivity index (χ0) is 11.6. The zero-order valence-corrected chi connectivity index (χ0v) is 11.3. The number of allylic oxidation sites excluding steroid dienone is 8. The molecular weight excluding hydrogens is 211 g/mol. The Kier molecular flexibility index (Phi) is 3.50. The molecule has 0 aliphatic heterocycles. The Labute approximate surface area is 101 Å². The maximum atomic E-state index is 2.37. The third-order valence-electron chi connectivity index (χ3n) is 2.88. The molecule has 0 aromatic heterocycles. The first-order valence-corrected chi connectivity index (χ1v) is 7.68. The van der Waals surface area contributed by atoms with E-state index in [-0.39, 0.29) is 7.92 Å². The van der Waals surface area contributed by atoms with Crippen molar-refractivity contribution in [2.75, 3.05) is 6.16 Å². The highest BCUT2D eigenvalue weighted by molar-refractivity contribution is 7.60. The van der Waals surface area contributed by atoms with E-state index < -0.39 is 0 Å². The van der Waals surface area contributed by atoms with Crippen LogP contribution in [0.15, 0.2) is 48.6 Å². The molecule has 0 aromatic rings. The lowest BCUT2D eigenvalue weighted by atomic mass is 10.0. The third-order valence-corrected chi connectivity index (χ3v) is 6.41. The Balaban J connectivity index is 2.12. The first-order chi connectivity index (χ1) is 7.56. The van der Waals surface area contributed by atoms with Crippen LogP contribution in [0.2, 0.25) is 0 Å². The van der Waals surface area contributed by atoms with Gasteiger partial charge in [-0.05, 0) is 11.6 Å². The lowest BCUT2D eigenvalue weighted by Gasteiger charge is -2.32. The van der Waals surface area contributed by atoms with Crippen LogP contribution in [0.25, 0.3) is 0 Å². The van der Waals surface area contributed by atoms with Crippen molar-refractivity contribution in [1.82, 2.24) is 0 Å². The summed E-state index contributed by atoms with van der Waals surface area (Å²) in [5.74, 6) is 0. The Morgan fingerprint density at radius 2 is 1.19 bits per heavy atom. The molecule has 0 saturated carbocycles. The summed E-state index contributed by atoms with van der Waals surface area (Å²) < 4.78 is 0. The van der Waals surface area contributed by atoms with Crippen molar-refractivity contribution in [1.29, 1.82) is 0 Å². The summed E-state index contributed by atoms with van der Waals surface area (Å²) in [6, 6.07) is 0. The molecule has 0 atom stereocenters. The van der Waals surface area contributed by atoms with E-state index in [1.165, 1.54) is 6.16 Å². The van der Waals surface area contributed by atoms with Gasteiger partial charge in [0.2, 0.25) is 0 Å². The van der Waals surface area contributed by atoms with Gasteiger partial charge >= 0.3 is 0 Å². The van der Waals surface area contributed by atoms with Gasteiger partial charge in [-0.15, -0.1) is 0 Å². The van der Waals surface area contributed by atoms with Crippen molar-refractivity contribution in [2.24, 2.45) is 5.41 Å². The van der Waals surface area contributed by atoms with E-state index in [1.807, 2.05) is 0 Å². The number of hydrogen-bond acceptors (Lipinski definition) is 0. The Morgan fingerprint density at radius 1 is 0.812 bits per heavy atom. The topological polar surface area (TPSA) is 0 Å². The molecule has 1 heteroatoms. The molecule has 0 spiro atoms. The molecule has 0 aromatic carbocycles. The molecule has 0 heterocycles. The van der Waals surface area contributed by atoms with Crippen LogP contribution in [0.3, 0.4) is 0 Å². The van der Waals surface area contributed by atoms with Crippen molar-refractivity contribution >= 4 is 7.92 Å². The van der Waals surface area contributed by atoms with E-state index >= 15 is 0 Å². The largest absolute Gasteiger partial charge is 0.0841 e. The van der Waals surface area contributed by atoms with Crippen LogP contribution < -0.4 is 0 Å². The lowest BCUT2D eigenvalue weighted by Crippen LogP contribution is -2.18. The summed E-state index contributed by atoms with van der Waals surface area (Å²) in [5, 5.41) is 0. The number of hydrogen-bond donors (Lipinski definition) is 0. The maximum Gasteiger partial charge on any atom is 0.0164 e. The molecule has 0 amide bonds. The smallest absolute Gasteiger partial charge is 0.0164 e. The molecular formula is C15H21P. The maximum absolute atomic E-state index is 2.37. The van der Waals surface area contributed by atoms with Crippen molar-refractivity contribution in [2.45, 2.75) is 32.1 Å². The third kappa shape index (κ3) is 2.95. The second-order valence-electron chi connectivity index (χ2n) is 5.75. The van der Waals surface area contributed by atoms with Crippen molar-refractivity contribution < 1.29 is 0 Å². The SMILES string of the molecule is CC(C)(C)CP(C1C=CC=C1)C1C=CC=C1. The summed E-state index contributed by atoms with van der Waals surface area (Å²) >= 11 is 0.